The molecule has 1 N–H and O–H groups in total. The second-order valence-corrected chi connectivity index (χ2v) is 8.58. The number of carbonyl (C=O) groups excluding carboxylic acids is 1. The van der Waals surface area contributed by atoms with Crippen molar-refractivity contribution in [1.29, 1.82) is 0 Å². The minimum atomic E-state index is -3.41. The number of anilines is 1. The predicted octanol–water partition coefficient (Wildman–Crippen LogP) is 2.71. The van der Waals surface area contributed by atoms with Gasteiger partial charge in [-0.1, -0.05) is 23.3 Å². The van der Waals surface area contributed by atoms with Gasteiger partial charge in [-0.3, -0.25) is 14.8 Å². The summed E-state index contributed by atoms with van der Waals surface area (Å²) >= 11 is 0. The monoisotopic (exact) mass is 403 g/mol. The molecule has 2 aromatic heterocycles. The molecule has 9 nitrogen and oxygen atoms in total. The first-order chi connectivity index (χ1) is 13.3. The van der Waals surface area contributed by atoms with Crippen LogP contribution in [0.1, 0.15) is 32.7 Å². The minimum absolute atomic E-state index is 0.0196. The minimum Gasteiger partial charge on any atom is -0.401 e. The van der Waals surface area contributed by atoms with Crippen LogP contribution in [0, 0.1) is 0 Å². The summed E-state index contributed by atoms with van der Waals surface area (Å²) in [5.41, 5.74) is 0.510. The fourth-order valence-corrected chi connectivity index (χ4v) is 3.80. The standard InChI is InChI=1S/C18H21N5O4S/c1-13(2)23-11-10-15(22-23)17-20-21-18(27-17)19-16(24)9-6-12-28(25,26)14-7-4-3-5-8-14/h3-5,7-8,10-11,13H,6,9,12H2,1-2H3,(H,19,21,24). The van der Waals surface area contributed by atoms with Crippen molar-refractivity contribution in [3.63, 3.8) is 0 Å². The number of carbonyl (C=O) groups is 1. The van der Waals surface area contributed by atoms with Crippen LogP contribution >= 0.6 is 0 Å². The maximum absolute atomic E-state index is 12.2. The van der Waals surface area contributed by atoms with E-state index in [1.165, 1.54) is 12.1 Å². The highest BCUT2D eigenvalue weighted by Gasteiger charge is 2.17. The van der Waals surface area contributed by atoms with Crippen molar-refractivity contribution in [2.75, 3.05) is 11.1 Å². The van der Waals surface area contributed by atoms with E-state index in [2.05, 4.69) is 20.6 Å². The summed E-state index contributed by atoms with van der Waals surface area (Å²) in [6.45, 7) is 3.99. The van der Waals surface area contributed by atoms with E-state index in [-0.39, 0.29) is 41.4 Å². The second-order valence-electron chi connectivity index (χ2n) is 6.47. The Kier molecular flexibility index (Phi) is 5.88. The van der Waals surface area contributed by atoms with E-state index in [0.29, 0.717) is 5.69 Å². The van der Waals surface area contributed by atoms with Crippen molar-refractivity contribution in [2.45, 2.75) is 37.6 Å². The van der Waals surface area contributed by atoms with E-state index >= 15 is 0 Å². The zero-order valence-electron chi connectivity index (χ0n) is 15.6. The molecule has 28 heavy (non-hydrogen) atoms. The summed E-state index contributed by atoms with van der Waals surface area (Å²) in [5, 5.41) is 14.4. The van der Waals surface area contributed by atoms with Crippen LogP contribution in [0.2, 0.25) is 0 Å². The molecular weight excluding hydrogens is 382 g/mol. The van der Waals surface area contributed by atoms with Gasteiger partial charge in [0.15, 0.2) is 9.84 Å². The number of aromatic nitrogens is 4. The lowest BCUT2D eigenvalue weighted by Gasteiger charge is -2.04. The lowest BCUT2D eigenvalue weighted by Crippen LogP contribution is -2.14. The number of hydrogen-bond donors (Lipinski definition) is 1. The Labute approximate surface area is 162 Å². The first-order valence-electron chi connectivity index (χ1n) is 8.82. The number of sulfone groups is 1. The van der Waals surface area contributed by atoms with E-state index in [4.69, 9.17) is 4.42 Å². The molecule has 0 unspecified atom stereocenters. The Hall–Kier alpha value is -3.01. The molecule has 0 saturated heterocycles. The van der Waals surface area contributed by atoms with Crippen molar-refractivity contribution in [3.05, 3.63) is 42.6 Å². The van der Waals surface area contributed by atoms with Crippen LogP contribution in [0.5, 0.6) is 0 Å². The van der Waals surface area contributed by atoms with E-state index in [1.54, 1.807) is 35.1 Å². The Morgan fingerprint density at radius 2 is 1.93 bits per heavy atom. The molecule has 3 aromatic rings. The van der Waals surface area contributed by atoms with Gasteiger partial charge in [-0.15, -0.1) is 5.10 Å². The third-order valence-electron chi connectivity index (χ3n) is 3.95. The second kappa shape index (κ2) is 8.34. The molecule has 0 radical (unpaired) electrons. The smallest absolute Gasteiger partial charge is 0.322 e. The van der Waals surface area contributed by atoms with Gasteiger partial charge in [-0.2, -0.15) is 5.10 Å². The summed E-state index contributed by atoms with van der Waals surface area (Å²) in [4.78, 5) is 12.3. The molecule has 1 amide bonds. The quantitative estimate of drug-likeness (QED) is 0.614. The van der Waals surface area contributed by atoms with Gasteiger partial charge in [-0.25, -0.2) is 8.42 Å². The van der Waals surface area contributed by atoms with Gasteiger partial charge in [0.2, 0.25) is 5.91 Å². The van der Waals surface area contributed by atoms with Gasteiger partial charge in [-0.05, 0) is 38.5 Å². The summed E-state index contributed by atoms with van der Waals surface area (Å²) in [6, 6.07) is 10.0. The third kappa shape index (κ3) is 4.83. The van der Waals surface area contributed by atoms with Gasteiger partial charge >= 0.3 is 6.01 Å². The first kappa shape index (κ1) is 19.7. The van der Waals surface area contributed by atoms with Crippen molar-refractivity contribution in [1.82, 2.24) is 20.0 Å². The molecule has 0 aliphatic carbocycles. The molecular formula is C18H21N5O4S. The highest BCUT2D eigenvalue weighted by molar-refractivity contribution is 7.91. The molecule has 0 spiro atoms. The maximum atomic E-state index is 12.2. The summed E-state index contributed by atoms with van der Waals surface area (Å²) < 4.78 is 31.6. The van der Waals surface area contributed by atoms with Gasteiger partial charge in [0, 0.05) is 18.7 Å². The molecule has 148 valence electrons. The SMILES string of the molecule is CC(C)n1ccc(-c2nnc(NC(=O)CCCS(=O)(=O)c3ccccc3)o2)n1. The average Bonchev–Trinajstić information content (AvgIpc) is 3.31. The lowest BCUT2D eigenvalue weighted by molar-refractivity contribution is -0.116. The van der Waals surface area contributed by atoms with Crippen LogP contribution in [0.25, 0.3) is 11.6 Å². The highest BCUT2D eigenvalue weighted by atomic mass is 32.2. The third-order valence-corrected chi connectivity index (χ3v) is 5.76. The van der Waals surface area contributed by atoms with Crippen molar-refractivity contribution < 1.29 is 17.6 Å². The van der Waals surface area contributed by atoms with Crippen LogP contribution in [-0.4, -0.2) is 40.1 Å². The molecule has 0 saturated carbocycles. The summed E-state index contributed by atoms with van der Waals surface area (Å²) in [5.74, 6) is -0.320. The normalized spacial score (nSPS) is 11.7. The first-order valence-corrected chi connectivity index (χ1v) is 10.5. The molecule has 2 heterocycles. The molecule has 10 heteroatoms. The van der Waals surface area contributed by atoms with Crippen LogP contribution in [0.4, 0.5) is 6.01 Å². The number of rotatable bonds is 8. The van der Waals surface area contributed by atoms with Crippen molar-refractivity contribution in [2.24, 2.45) is 0 Å². The van der Waals surface area contributed by atoms with Gasteiger partial charge in [0.1, 0.15) is 5.69 Å². The van der Waals surface area contributed by atoms with Gasteiger partial charge in [0.05, 0.1) is 10.6 Å². The molecule has 1 aromatic carbocycles. The highest BCUT2D eigenvalue weighted by Crippen LogP contribution is 2.19. The zero-order valence-corrected chi connectivity index (χ0v) is 16.4. The zero-order chi connectivity index (χ0) is 20.1. The molecule has 0 bridgehead atoms. The Morgan fingerprint density at radius 1 is 1.18 bits per heavy atom. The number of benzene rings is 1. The Balaban J connectivity index is 1.52. The molecule has 0 aliphatic heterocycles. The van der Waals surface area contributed by atoms with Gasteiger partial charge in [0.25, 0.3) is 5.89 Å². The van der Waals surface area contributed by atoms with Crippen LogP contribution in [-0.2, 0) is 14.6 Å². The fourth-order valence-electron chi connectivity index (χ4n) is 2.47. The van der Waals surface area contributed by atoms with E-state index < -0.39 is 15.7 Å². The topological polar surface area (TPSA) is 120 Å². The maximum Gasteiger partial charge on any atom is 0.322 e. The number of hydrogen-bond acceptors (Lipinski definition) is 7. The molecule has 0 aliphatic rings. The number of nitrogens with one attached hydrogen (secondary N) is 1. The summed E-state index contributed by atoms with van der Waals surface area (Å²) in [6.07, 6.45) is 2.00. The van der Waals surface area contributed by atoms with Gasteiger partial charge < -0.3 is 4.42 Å². The van der Waals surface area contributed by atoms with E-state index in [0.717, 1.165) is 0 Å². The average molecular weight is 403 g/mol. The van der Waals surface area contributed by atoms with E-state index in [9.17, 15) is 13.2 Å². The predicted molar refractivity (Wildman–Crippen MR) is 102 cm³/mol. The molecule has 0 fully saturated rings. The Morgan fingerprint density at radius 3 is 2.61 bits per heavy atom. The largest absolute Gasteiger partial charge is 0.401 e. The van der Waals surface area contributed by atoms with Crippen LogP contribution in [0.3, 0.4) is 0 Å². The van der Waals surface area contributed by atoms with E-state index in [1.807, 2.05) is 13.8 Å². The number of amides is 1. The van der Waals surface area contributed by atoms with Crippen molar-refractivity contribution >= 4 is 21.8 Å². The fraction of sp³-hybridized carbons (Fsp3) is 0.333. The van der Waals surface area contributed by atoms with Crippen molar-refractivity contribution in [3.8, 4) is 11.6 Å². The number of nitrogens with zero attached hydrogens (tertiary/aromatic N) is 4. The van der Waals surface area contributed by atoms with Crippen LogP contribution < -0.4 is 5.32 Å². The molecule has 0 atom stereocenters. The van der Waals surface area contributed by atoms with Crippen LogP contribution in [0.15, 0.2) is 51.9 Å². The molecule has 3 rings (SSSR count). The Bertz CT molecular complexity index is 1040. The summed E-state index contributed by atoms with van der Waals surface area (Å²) in [7, 11) is -3.41. The lowest BCUT2D eigenvalue weighted by atomic mass is 10.3.